The normalized spacial score (nSPS) is 22.0. The second kappa shape index (κ2) is 10.3. The number of benzene rings is 1. The third kappa shape index (κ3) is 5.58. The Hall–Kier alpha value is -3.36. The zero-order valence-corrected chi connectivity index (χ0v) is 19.7. The molecule has 1 aliphatic carbocycles. The van der Waals surface area contributed by atoms with Gasteiger partial charge in [0.15, 0.2) is 0 Å². The summed E-state index contributed by atoms with van der Waals surface area (Å²) in [7, 11) is 0. The van der Waals surface area contributed by atoms with E-state index < -0.39 is 0 Å². The number of halogens is 1. The van der Waals surface area contributed by atoms with Crippen molar-refractivity contribution in [3.05, 3.63) is 58.4 Å². The molecule has 9 heteroatoms. The number of hydrogen-bond acceptors (Lipinski definition) is 6. The molecule has 1 fully saturated rings. The van der Waals surface area contributed by atoms with Crippen molar-refractivity contribution >= 4 is 17.5 Å². The van der Waals surface area contributed by atoms with Crippen LogP contribution in [-0.4, -0.2) is 40.1 Å². The van der Waals surface area contributed by atoms with E-state index in [2.05, 4.69) is 25.8 Å². The zero-order chi connectivity index (χ0) is 24.2. The summed E-state index contributed by atoms with van der Waals surface area (Å²) in [6, 6.07) is 6.63. The van der Waals surface area contributed by atoms with Gasteiger partial charge in [0.25, 0.3) is 5.91 Å². The van der Waals surface area contributed by atoms with Gasteiger partial charge in [-0.2, -0.15) is 0 Å². The minimum absolute atomic E-state index is 0.00623. The molecule has 2 N–H and O–H groups in total. The highest BCUT2D eigenvalue weighted by Crippen LogP contribution is 2.34. The number of carbonyl (C=O) groups is 2. The van der Waals surface area contributed by atoms with E-state index in [9.17, 15) is 14.0 Å². The van der Waals surface area contributed by atoms with E-state index in [1.807, 2.05) is 0 Å². The maximum atomic E-state index is 13.5. The zero-order valence-electron chi connectivity index (χ0n) is 19.7. The predicted octanol–water partition coefficient (Wildman–Crippen LogP) is 3.21. The minimum atomic E-state index is -0.333. The highest BCUT2D eigenvalue weighted by molar-refractivity contribution is 6.03. The number of nitrogens with zero attached hydrogens (tertiary/aromatic N) is 3. The van der Waals surface area contributed by atoms with Crippen LogP contribution < -0.4 is 10.6 Å². The largest absolute Gasteiger partial charge is 0.395 e. The molecular formula is C25H30FN5O3. The lowest BCUT2D eigenvalue weighted by molar-refractivity contribution is -0.119. The van der Waals surface area contributed by atoms with Gasteiger partial charge in [0.2, 0.25) is 5.91 Å². The number of carbonyl (C=O) groups excluding carboxylic acids is 2. The van der Waals surface area contributed by atoms with Crippen LogP contribution in [0.4, 0.5) is 4.39 Å². The number of hydrogen-bond donors (Lipinski definition) is 2. The van der Waals surface area contributed by atoms with E-state index in [4.69, 9.17) is 4.84 Å². The van der Waals surface area contributed by atoms with Gasteiger partial charge in [0, 0.05) is 25.4 Å². The molecule has 0 spiro atoms. The van der Waals surface area contributed by atoms with Crippen LogP contribution >= 0.6 is 0 Å². The molecule has 4 rings (SSSR count). The van der Waals surface area contributed by atoms with Crippen LogP contribution in [0.25, 0.3) is 0 Å². The monoisotopic (exact) mass is 467 g/mol. The molecule has 1 aromatic heterocycles. The summed E-state index contributed by atoms with van der Waals surface area (Å²) in [6.45, 7) is 5.73. The molecule has 8 nitrogen and oxygen atoms in total. The molecule has 1 unspecified atom stereocenters. The molecule has 2 aromatic rings. The Morgan fingerprint density at radius 3 is 2.59 bits per heavy atom. The Morgan fingerprint density at radius 2 is 1.88 bits per heavy atom. The van der Waals surface area contributed by atoms with Crippen LogP contribution in [0.15, 0.2) is 29.4 Å². The first-order valence-electron chi connectivity index (χ1n) is 11.7. The lowest BCUT2D eigenvalue weighted by atomic mass is 9.76. The first-order valence-corrected chi connectivity index (χ1v) is 11.7. The van der Waals surface area contributed by atoms with Crippen molar-refractivity contribution in [2.75, 3.05) is 6.61 Å². The number of aromatic nitrogens is 2. The third-order valence-electron chi connectivity index (χ3n) is 6.52. The molecule has 2 aliphatic rings. The highest BCUT2D eigenvalue weighted by atomic mass is 19.1. The van der Waals surface area contributed by atoms with E-state index in [0.29, 0.717) is 29.6 Å². The average Bonchev–Trinajstić information content (AvgIpc) is 3.29. The van der Waals surface area contributed by atoms with Crippen LogP contribution in [0, 0.1) is 31.5 Å². The lowest BCUT2D eigenvalue weighted by Crippen LogP contribution is -2.38. The Balaban J connectivity index is 1.44. The minimum Gasteiger partial charge on any atom is -0.395 e. The molecule has 0 radical (unpaired) electrons. The van der Waals surface area contributed by atoms with Crippen LogP contribution in [-0.2, 0) is 16.2 Å². The standard InChI is InChI=1S/C25H30FN5O3/c1-14-10-17(4-9-21(14)26)12-27-25(33)23-11-22(28-15(2)29-23)24-20(13-34-31-24)18-5-7-19(8-6-18)30-16(3)32/h4,9-11,18-20H,5-8,12-13H2,1-3H3,(H,27,33)(H,30,32)/t18-,19-,20?. The van der Waals surface area contributed by atoms with Crippen molar-refractivity contribution in [2.24, 2.45) is 17.0 Å². The topological polar surface area (TPSA) is 106 Å². The smallest absolute Gasteiger partial charge is 0.270 e. The maximum Gasteiger partial charge on any atom is 0.270 e. The quantitative estimate of drug-likeness (QED) is 0.679. The Kier molecular flexibility index (Phi) is 7.19. The van der Waals surface area contributed by atoms with Crippen LogP contribution in [0.2, 0.25) is 0 Å². The van der Waals surface area contributed by atoms with Crippen molar-refractivity contribution in [1.29, 1.82) is 0 Å². The summed E-state index contributed by atoms with van der Waals surface area (Å²) < 4.78 is 13.5. The first kappa shape index (κ1) is 23.8. The van der Waals surface area contributed by atoms with Gasteiger partial charge in [0.05, 0.1) is 5.69 Å². The summed E-state index contributed by atoms with van der Waals surface area (Å²) in [5.74, 6) is 0.338. The van der Waals surface area contributed by atoms with Crippen molar-refractivity contribution in [3.63, 3.8) is 0 Å². The fraction of sp³-hybridized carbons (Fsp3) is 0.480. The number of amides is 2. The van der Waals surface area contributed by atoms with Crippen LogP contribution in [0.5, 0.6) is 0 Å². The lowest BCUT2D eigenvalue weighted by Gasteiger charge is -2.31. The molecular weight excluding hydrogens is 437 g/mol. The predicted molar refractivity (Wildman–Crippen MR) is 125 cm³/mol. The second-order valence-corrected chi connectivity index (χ2v) is 9.14. The number of nitrogens with one attached hydrogen (secondary N) is 2. The van der Waals surface area contributed by atoms with Crippen molar-refractivity contribution in [2.45, 2.75) is 59.0 Å². The molecule has 2 amide bonds. The van der Waals surface area contributed by atoms with E-state index in [-0.39, 0.29) is 41.8 Å². The molecule has 1 aliphatic heterocycles. The van der Waals surface area contributed by atoms with E-state index in [0.717, 1.165) is 37.0 Å². The van der Waals surface area contributed by atoms with Crippen LogP contribution in [0.3, 0.4) is 0 Å². The van der Waals surface area contributed by atoms with Gasteiger partial charge < -0.3 is 15.5 Å². The third-order valence-corrected chi connectivity index (χ3v) is 6.52. The van der Waals surface area contributed by atoms with Crippen molar-refractivity contribution in [3.8, 4) is 0 Å². The maximum absolute atomic E-state index is 13.5. The molecule has 34 heavy (non-hydrogen) atoms. The first-order chi connectivity index (χ1) is 16.3. The Bertz CT molecular complexity index is 1110. The number of aryl methyl sites for hydroxylation is 2. The molecule has 180 valence electrons. The molecule has 1 aromatic carbocycles. The second-order valence-electron chi connectivity index (χ2n) is 9.14. The molecule has 0 saturated heterocycles. The van der Waals surface area contributed by atoms with Crippen molar-refractivity contribution < 1.29 is 18.8 Å². The van der Waals surface area contributed by atoms with E-state index >= 15 is 0 Å². The molecule has 1 atom stereocenters. The van der Waals surface area contributed by atoms with Gasteiger partial charge >= 0.3 is 0 Å². The summed E-state index contributed by atoms with van der Waals surface area (Å²) in [5, 5.41) is 10.1. The summed E-state index contributed by atoms with van der Waals surface area (Å²) >= 11 is 0. The Morgan fingerprint density at radius 1 is 1.12 bits per heavy atom. The molecule has 0 bridgehead atoms. The van der Waals surface area contributed by atoms with Gasteiger partial charge in [0.1, 0.15) is 29.7 Å². The summed E-state index contributed by atoms with van der Waals surface area (Å²) in [4.78, 5) is 38.5. The van der Waals surface area contributed by atoms with Gasteiger partial charge in [-0.1, -0.05) is 17.3 Å². The van der Waals surface area contributed by atoms with Gasteiger partial charge in [-0.05, 0) is 68.7 Å². The fourth-order valence-electron chi connectivity index (χ4n) is 4.79. The summed E-state index contributed by atoms with van der Waals surface area (Å²) in [5.41, 5.74) is 2.94. The molecule has 2 heterocycles. The Labute approximate surface area is 198 Å². The fourth-order valence-corrected chi connectivity index (χ4v) is 4.79. The van der Waals surface area contributed by atoms with Crippen molar-refractivity contribution in [1.82, 2.24) is 20.6 Å². The van der Waals surface area contributed by atoms with E-state index in [1.54, 1.807) is 39.0 Å². The molecule has 1 saturated carbocycles. The highest BCUT2D eigenvalue weighted by Gasteiger charge is 2.36. The van der Waals surface area contributed by atoms with Gasteiger partial charge in [-0.25, -0.2) is 14.4 Å². The summed E-state index contributed by atoms with van der Waals surface area (Å²) in [6.07, 6.45) is 3.78. The van der Waals surface area contributed by atoms with Gasteiger partial charge in [-0.3, -0.25) is 9.59 Å². The van der Waals surface area contributed by atoms with Gasteiger partial charge in [-0.15, -0.1) is 0 Å². The average molecular weight is 468 g/mol. The van der Waals surface area contributed by atoms with E-state index in [1.165, 1.54) is 6.07 Å². The van der Waals surface area contributed by atoms with Crippen LogP contribution in [0.1, 0.15) is 65.7 Å². The number of rotatable bonds is 6. The SMILES string of the molecule is CC(=O)N[C@H]1CC[C@H](C2CON=C2c2cc(C(=O)NCc3ccc(F)c(C)c3)nc(C)n2)CC1. The number of oxime groups is 1.